The Balaban J connectivity index is 1.59. The number of benzene rings is 2. The summed E-state index contributed by atoms with van der Waals surface area (Å²) in [6, 6.07) is 10.7. The summed E-state index contributed by atoms with van der Waals surface area (Å²) in [5.41, 5.74) is 1.14. The molecule has 0 aliphatic carbocycles. The highest BCUT2D eigenvalue weighted by molar-refractivity contribution is 6.31. The molecule has 35 heavy (non-hydrogen) atoms. The Hall–Kier alpha value is -3.85. The van der Waals surface area contributed by atoms with E-state index in [0.717, 1.165) is 6.07 Å². The Labute approximate surface area is 203 Å². The summed E-state index contributed by atoms with van der Waals surface area (Å²) in [5.74, 6) is -3.21. The minimum absolute atomic E-state index is 0.0503. The molecule has 2 amide bonds. The molecule has 0 saturated carbocycles. The first kappa shape index (κ1) is 24.3. The number of H-pyrrole nitrogens is 1. The molecule has 0 unspecified atom stereocenters. The van der Waals surface area contributed by atoms with Crippen LogP contribution in [0.5, 0.6) is 0 Å². The van der Waals surface area contributed by atoms with Gasteiger partial charge in [0.1, 0.15) is 34.8 Å². The van der Waals surface area contributed by atoms with E-state index in [1.165, 1.54) is 48.5 Å². The number of likely N-dealkylation sites (N-methyl/N-ethyl adjacent to an activating group) is 1. The smallest absolute Gasteiger partial charge is 0.268 e. The molecule has 2 N–H and O–H groups in total. The number of aromatic nitrogens is 2. The molecule has 4 rings (SSSR count). The summed E-state index contributed by atoms with van der Waals surface area (Å²) in [7, 11) is 1.49. The molecule has 4 aromatic rings. The van der Waals surface area contributed by atoms with E-state index in [2.05, 4.69) is 15.3 Å². The molecule has 1 atom stereocenters. The average Bonchev–Trinajstić information content (AvgIpc) is 3.23. The van der Waals surface area contributed by atoms with Crippen molar-refractivity contribution in [2.45, 2.75) is 19.0 Å². The number of halogens is 4. The van der Waals surface area contributed by atoms with E-state index in [9.17, 15) is 22.8 Å². The second-order valence-corrected chi connectivity index (χ2v) is 8.50. The normalized spacial score (nSPS) is 11.9. The first-order valence-corrected chi connectivity index (χ1v) is 11.0. The summed E-state index contributed by atoms with van der Waals surface area (Å²) in [6.45, 7) is 0.0592. The fourth-order valence-corrected chi connectivity index (χ4v) is 3.87. The molecule has 0 spiro atoms. The molecular weight excluding hydrogens is 481 g/mol. The van der Waals surface area contributed by atoms with E-state index in [0.29, 0.717) is 27.7 Å². The fourth-order valence-electron chi connectivity index (χ4n) is 3.71. The van der Waals surface area contributed by atoms with Gasteiger partial charge in [-0.25, -0.2) is 18.2 Å². The van der Waals surface area contributed by atoms with Crippen LogP contribution in [-0.2, 0) is 17.8 Å². The molecule has 10 heteroatoms. The molecule has 180 valence electrons. The topological polar surface area (TPSA) is 78.1 Å². The number of aromatic amines is 1. The summed E-state index contributed by atoms with van der Waals surface area (Å²) in [4.78, 5) is 34.5. The maximum absolute atomic E-state index is 14.4. The third-order valence-corrected chi connectivity index (χ3v) is 5.62. The Morgan fingerprint density at radius 1 is 1.09 bits per heavy atom. The van der Waals surface area contributed by atoms with Crippen LogP contribution in [0.1, 0.15) is 21.6 Å². The van der Waals surface area contributed by atoms with Crippen LogP contribution in [0.15, 0.2) is 60.8 Å². The van der Waals surface area contributed by atoms with Crippen LogP contribution >= 0.6 is 11.6 Å². The van der Waals surface area contributed by atoms with Gasteiger partial charge in [-0.15, -0.1) is 0 Å². The maximum Gasteiger partial charge on any atom is 0.268 e. The van der Waals surface area contributed by atoms with Crippen LogP contribution in [0, 0.1) is 17.5 Å². The lowest BCUT2D eigenvalue weighted by Gasteiger charge is -2.25. The van der Waals surface area contributed by atoms with Gasteiger partial charge in [-0.2, -0.15) is 0 Å². The predicted octanol–water partition coefficient (Wildman–Crippen LogP) is 4.63. The lowest BCUT2D eigenvalue weighted by Crippen LogP contribution is -2.48. The third kappa shape index (κ3) is 5.81. The summed E-state index contributed by atoms with van der Waals surface area (Å²) < 4.78 is 41.3. The highest BCUT2D eigenvalue weighted by Crippen LogP contribution is 2.19. The van der Waals surface area contributed by atoms with Gasteiger partial charge in [0.05, 0.1) is 5.02 Å². The number of rotatable bonds is 7. The number of nitrogens with zero attached hydrogens (tertiary/aromatic N) is 2. The number of hydrogen-bond acceptors (Lipinski definition) is 3. The van der Waals surface area contributed by atoms with Crippen LogP contribution in [0.2, 0.25) is 5.02 Å². The molecule has 6 nitrogen and oxygen atoms in total. The standard InChI is InChI=1S/C25H20ClF3N4O2/c1-33(13-14-3-2-4-18(27)7-14)25(35)22(9-15-5-6-19(28)11-20(15)29)32-24(34)21-10-16-8-17(26)12-30-23(16)31-21/h2-8,10-12,22H,9,13H2,1H3,(H,30,31)(H,32,34)/t22-/m0/s1. The van der Waals surface area contributed by atoms with Crippen molar-refractivity contribution in [3.63, 3.8) is 0 Å². The van der Waals surface area contributed by atoms with E-state index in [4.69, 9.17) is 11.6 Å². The maximum atomic E-state index is 14.4. The number of amides is 2. The SMILES string of the molecule is CN(Cc1cccc(F)c1)C(=O)[C@H](Cc1ccc(F)cc1F)NC(=O)c1cc2cc(Cl)cnc2[nH]1. The monoisotopic (exact) mass is 500 g/mol. The summed E-state index contributed by atoms with van der Waals surface area (Å²) in [5, 5.41) is 3.61. The zero-order valence-electron chi connectivity index (χ0n) is 18.5. The van der Waals surface area contributed by atoms with E-state index >= 15 is 0 Å². The lowest BCUT2D eigenvalue weighted by atomic mass is 10.0. The van der Waals surface area contributed by atoms with Crippen LogP contribution in [0.3, 0.4) is 0 Å². The van der Waals surface area contributed by atoms with Crippen molar-refractivity contribution in [3.05, 3.63) is 100 Å². The van der Waals surface area contributed by atoms with Crippen LogP contribution in [-0.4, -0.2) is 39.8 Å². The Morgan fingerprint density at radius 2 is 1.86 bits per heavy atom. The molecule has 2 heterocycles. The average molecular weight is 501 g/mol. The Bertz CT molecular complexity index is 1410. The van der Waals surface area contributed by atoms with Crippen molar-refractivity contribution in [3.8, 4) is 0 Å². The third-order valence-electron chi connectivity index (χ3n) is 5.41. The minimum atomic E-state index is -1.19. The zero-order chi connectivity index (χ0) is 25.1. The molecule has 2 aromatic heterocycles. The van der Waals surface area contributed by atoms with Gasteiger partial charge < -0.3 is 15.2 Å². The van der Waals surface area contributed by atoms with Gasteiger partial charge in [0, 0.05) is 37.7 Å². The van der Waals surface area contributed by atoms with E-state index in [1.54, 1.807) is 12.1 Å². The molecule has 0 fully saturated rings. The van der Waals surface area contributed by atoms with E-state index in [1.807, 2.05) is 0 Å². The summed E-state index contributed by atoms with van der Waals surface area (Å²) in [6.07, 6.45) is 1.20. The Morgan fingerprint density at radius 3 is 2.60 bits per heavy atom. The quantitative estimate of drug-likeness (QED) is 0.388. The molecule has 0 radical (unpaired) electrons. The van der Waals surface area contributed by atoms with Gasteiger partial charge in [-0.05, 0) is 41.5 Å². The largest absolute Gasteiger partial charge is 0.340 e. The zero-order valence-corrected chi connectivity index (χ0v) is 19.2. The van der Waals surface area contributed by atoms with Gasteiger partial charge in [-0.3, -0.25) is 9.59 Å². The molecular formula is C25H20ClF3N4O2. The van der Waals surface area contributed by atoms with Gasteiger partial charge in [0.25, 0.3) is 5.91 Å². The van der Waals surface area contributed by atoms with Gasteiger partial charge in [0.2, 0.25) is 5.91 Å². The number of hydrogen-bond donors (Lipinski definition) is 2. The number of pyridine rings is 1. The minimum Gasteiger partial charge on any atom is -0.340 e. The van der Waals surface area contributed by atoms with E-state index < -0.39 is 35.3 Å². The van der Waals surface area contributed by atoms with Gasteiger partial charge in [-0.1, -0.05) is 29.8 Å². The fraction of sp³-hybridized carbons (Fsp3) is 0.160. The lowest BCUT2D eigenvalue weighted by molar-refractivity contribution is -0.132. The molecule has 0 bridgehead atoms. The number of carbonyl (C=O) groups is 2. The van der Waals surface area contributed by atoms with Crippen LogP contribution in [0.25, 0.3) is 11.0 Å². The summed E-state index contributed by atoms with van der Waals surface area (Å²) >= 11 is 5.95. The van der Waals surface area contributed by atoms with Crippen LogP contribution < -0.4 is 5.32 Å². The molecule has 0 saturated heterocycles. The number of carbonyl (C=O) groups excluding carboxylic acids is 2. The Kier molecular flexibility index (Phi) is 7.07. The van der Waals surface area contributed by atoms with Crippen molar-refractivity contribution in [2.75, 3.05) is 7.05 Å². The van der Waals surface area contributed by atoms with Crippen molar-refractivity contribution in [1.29, 1.82) is 0 Å². The van der Waals surface area contributed by atoms with Crippen molar-refractivity contribution >= 4 is 34.4 Å². The number of nitrogens with one attached hydrogen (secondary N) is 2. The van der Waals surface area contributed by atoms with Crippen molar-refractivity contribution in [2.24, 2.45) is 0 Å². The highest BCUT2D eigenvalue weighted by Gasteiger charge is 2.27. The van der Waals surface area contributed by atoms with E-state index in [-0.39, 0.29) is 24.2 Å². The molecule has 0 aliphatic rings. The van der Waals surface area contributed by atoms with Gasteiger partial charge >= 0.3 is 0 Å². The second kappa shape index (κ2) is 10.2. The highest BCUT2D eigenvalue weighted by atomic mass is 35.5. The first-order valence-electron chi connectivity index (χ1n) is 10.6. The predicted molar refractivity (Wildman–Crippen MR) is 125 cm³/mol. The van der Waals surface area contributed by atoms with Gasteiger partial charge in [0.15, 0.2) is 0 Å². The molecule has 0 aliphatic heterocycles. The first-order chi connectivity index (χ1) is 16.7. The van der Waals surface area contributed by atoms with Crippen molar-refractivity contribution < 1.29 is 22.8 Å². The second-order valence-electron chi connectivity index (χ2n) is 8.06. The van der Waals surface area contributed by atoms with Crippen LogP contribution in [0.4, 0.5) is 13.2 Å². The molecule has 2 aromatic carbocycles. The van der Waals surface area contributed by atoms with Crippen molar-refractivity contribution in [1.82, 2.24) is 20.2 Å². The number of fused-ring (bicyclic) bond motifs is 1.